The standard InChI is InChI=1S/C26H25FN2O4/c1-26(2)11-19(30)24-22(12-26)33-25(29)18(13-28)23(24)16-6-9-20(21(10-16)31-3)32-14-15-4-7-17(27)8-5-15/h4-10,23H,11-12,14,29H2,1-3H3/t23-/m1/s1. The fraction of sp³-hybridized carbons (Fsp3) is 0.308. The predicted octanol–water partition coefficient (Wildman–Crippen LogP) is 4.86. The van der Waals surface area contributed by atoms with E-state index in [1.165, 1.54) is 19.2 Å². The first-order valence-corrected chi connectivity index (χ1v) is 10.6. The number of halogens is 1. The number of Topliss-reactive ketones (excluding diaryl/α,β-unsaturated/α-hetero) is 1. The highest BCUT2D eigenvalue weighted by atomic mass is 19.1. The molecule has 2 N–H and O–H groups in total. The van der Waals surface area contributed by atoms with E-state index in [1.807, 2.05) is 13.8 Å². The van der Waals surface area contributed by atoms with Crippen molar-refractivity contribution < 1.29 is 23.4 Å². The Kier molecular flexibility index (Phi) is 5.86. The Hall–Kier alpha value is -3.79. The van der Waals surface area contributed by atoms with E-state index in [1.54, 1.807) is 30.3 Å². The molecule has 0 amide bonds. The molecule has 1 aliphatic heterocycles. The fourth-order valence-electron chi connectivity index (χ4n) is 4.34. The van der Waals surface area contributed by atoms with Crippen molar-refractivity contribution in [3.8, 4) is 17.6 Å². The molecule has 6 nitrogen and oxygen atoms in total. The zero-order valence-electron chi connectivity index (χ0n) is 18.8. The number of hydrogen-bond acceptors (Lipinski definition) is 6. The summed E-state index contributed by atoms with van der Waals surface area (Å²) in [4.78, 5) is 13.1. The van der Waals surface area contributed by atoms with Crippen molar-refractivity contribution in [2.24, 2.45) is 11.1 Å². The lowest BCUT2D eigenvalue weighted by Crippen LogP contribution is -2.33. The van der Waals surface area contributed by atoms with Crippen LogP contribution in [0.15, 0.2) is 65.3 Å². The Morgan fingerprint density at radius 1 is 1.18 bits per heavy atom. The quantitative estimate of drug-likeness (QED) is 0.702. The fourth-order valence-corrected chi connectivity index (χ4v) is 4.34. The number of carbonyl (C=O) groups excluding carboxylic acids is 1. The largest absolute Gasteiger partial charge is 0.493 e. The highest BCUT2D eigenvalue weighted by molar-refractivity contribution is 6.00. The minimum atomic E-state index is -0.637. The second-order valence-corrected chi connectivity index (χ2v) is 9.03. The van der Waals surface area contributed by atoms with Gasteiger partial charge in [0.15, 0.2) is 17.3 Å². The zero-order chi connectivity index (χ0) is 23.8. The number of nitrogens with two attached hydrogens (primary N) is 1. The molecule has 1 atom stereocenters. The minimum Gasteiger partial charge on any atom is -0.493 e. The summed E-state index contributed by atoms with van der Waals surface area (Å²) < 4.78 is 30.3. The van der Waals surface area contributed by atoms with E-state index in [0.717, 1.165) is 5.56 Å². The highest BCUT2D eigenvalue weighted by Gasteiger charge is 2.43. The van der Waals surface area contributed by atoms with Gasteiger partial charge in [0.2, 0.25) is 5.88 Å². The summed E-state index contributed by atoms with van der Waals surface area (Å²) in [5.74, 6) is 0.466. The number of rotatable bonds is 5. The number of methoxy groups -OCH3 is 1. The van der Waals surface area contributed by atoms with E-state index in [-0.39, 0.29) is 35.1 Å². The molecule has 170 valence electrons. The van der Waals surface area contributed by atoms with Crippen molar-refractivity contribution in [1.29, 1.82) is 5.26 Å². The van der Waals surface area contributed by atoms with Crippen molar-refractivity contribution in [3.63, 3.8) is 0 Å². The maximum atomic E-state index is 13.1. The third-order valence-electron chi connectivity index (χ3n) is 5.90. The normalized spacial score (nSPS) is 19.5. The van der Waals surface area contributed by atoms with Gasteiger partial charge in [-0.3, -0.25) is 4.79 Å². The lowest BCUT2D eigenvalue weighted by atomic mass is 9.70. The number of benzene rings is 2. The maximum Gasteiger partial charge on any atom is 0.205 e. The summed E-state index contributed by atoms with van der Waals surface area (Å²) >= 11 is 0. The third-order valence-corrected chi connectivity index (χ3v) is 5.90. The van der Waals surface area contributed by atoms with Crippen LogP contribution in [0, 0.1) is 22.6 Å². The molecule has 7 heteroatoms. The van der Waals surface area contributed by atoms with Crippen LogP contribution in [0.25, 0.3) is 0 Å². The van der Waals surface area contributed by atoms with Gasteiger partial charge in [-0.25, -0.2) is 4.39 Å². The average Bonchev–Trinajstić information content (AvgIpc) is 2.77. The van der Waals surface area contributed by atoms with Crippen LogP contribution in [-0.2, 0) is 16.1 Å². The molecule has 4 rings (SSSR count). The van der Waals surface area contributed by atoms with Gasteiger partial charge in [0.05, 0.1) is 13.0 Å². The van der Waals surface area contributed by atoms with E-state index in [2.05, 4.69) is 6.07 Å². The Labute approximate surface area is 192 Å². The van der Waals surface area contributed by atoms with Crippen LogP contribution in [0.2, 0.25) is 0 Å². The number of allylic oxidation sites excluding steroid dienone is 3. The van der Waals surface area contributed by atoms with Gasteiger partial charge in [-0.05, 0) is 40.8 Å². The van der Waals surface area contributed by atoms with Crippen LogP contribution >= 0.6 is 0 Å². The maximum absolute atomic E-state index is 13.1. The highest BCUT2D eigenvalue weighted by Crippen LogP contribution is 2.48. The summed E-state index contributed by atoms with van der Waals surface area (Å²) in [5, 5.41) is 9.80. The molecule has 0 radical (unpaired) electrons. The molecule has 1 heterocycles. The summed E-state index contributed by atoms with van der Waals surface area (Å²) in [6.07, 6.45) is 0.917. The van der Waals surface area contributed by atoms with Crippen LogP contribution in [0.5, 0.6) is 11.5 Å². The molecule has 0 aromatic heterocycles. The second-order valence-electron chi connectivity index (χ2n) is 9.03. The number of ketones is 1. The molecule has 0 bridgehead atoms. The molecule has 0 fully saturated rings. The smallest absolute Gasteiger partial charge is 0.205 e. The van der Waals surface area contributed by atoms with E-state index in [0.29, 0.717) is 41.2 Å². The summed E-state index contributed by atoms with van der Waals surface area (Å²) in [6.45, 7) is 4.23. The molecule has 1 aliphatic carbocycles. The number of hydrogen-bond donors (Lipinski definition) is 1. The van der Waals surface area contributed by atoms with Gasteiger partial charge in [0.1, 0.15) is 29.8 Å². The average molecular weight is 448 g/mol. The van der Waals surface area contributed by atoms with Crippen molar-refractivity contribution in [3.05, 3.63) is 82.2 Å². The van der Waals surface area contributed by atoms with Gasteiger partial charge < -0.3 is 19.9 Å². The summed E-state index contributed by atoms with van der Waals surface area (Å²) in [6, 6.07) is 13.4. The van der Waals surface area contributed by atoms with E-state index >= 15 is 0 Å². The van der Waals surface area contributed by atoms with Crippen molar-refractivity contribution in [2.45, 2.75) is 39.2 Å². The lowest BCUT2D eigenvalue weighted by molar-refractivity contribution is -0.119. The first-order chi connectivity index (χ1) is 15.7. The van der Waals surface area contributed by atoms with Gasteiger partial charge in [0, 0.05) is 18.4 Å². The Morgan fingerprint density at radius 2 is 1.91 bits per heavy atom. The lowest BCUT2D eigenvalue weighted by Gasteiger charge is -2.37. The summed E-state index contributed by atoms with van der Waals surface area (Å²) in [5.41, 5.74) is 8.00. The first-order valence-electron chi connectivity index (χ1n) is 10.6. The number of ether oxygens (including phenoxy) is 3. The van der Waals surface area contributed by atoms with E-state index in [9.17, 15) is 14.4 Å². The van der Waals surface area contributed by atoms with Gasteiger partial charge in [0.25, 0.3) is 0 Å². The number of nitrogens with zero attached hydrogens (tertiary/aromatic N) is 1. The van der Waals surface area contributed by atoms with Crippen LogP contribution in [0.1, 0.15) is 43.7 Å². The van der Waals surface area contributed by atoms with Gasteiger partial charge in [-0.1, -0.05) is 32.0 Å². The number of nitriles is 1. The predicted molar refractivity (Wildman–Crippen MR) is 119 cm³/mol. The Morgan fingerprint density at radius 3 is 2.58 bits per heavy atom. The molecule has 33 heavy (non-hydrogen) atoms. The SMILES string of the molecule is COc1cc([C@@H]2C(C#N)=C(N)OC3=C2C(=O)CC(C)(C)C3)ccc1OCc1ccc(F)cc1. The second kappa shape index (κ2) is 8.62. The Bertz CT molecular complexity index is 1210. The Balaban J connectivity index is 1.69. The van der Waals surface area contributed by atoms with Crippen molar-refractivity contribution in [2.75, 3.05) is 7.11 Å². The first kappa shape index (κ1) is 22.4. The third kappa shape index (κ3) is 4.42. The van der Waals surface area contributed by atoms with Crippen LogP contribution in [-0.4, -0.2) is 12.9 Å². The minimum absolute atomic E-state index is 0.0161. The molecule has 0 saturated carbocycles. The van der Waals surface area contributed by atoms with Crippen molar-refractivity contribution in [1.82, 2.24) is 0 Å². The van der Waals surface area contributed by atoms with Gasteiger partial charge in [-0.2, -0.15) is 5.26 Å². The van der Waals surface area contributed by atoms with Crippen molar-refractivity contribution >= 4 is 5.78 Å². The molecule has 2 aliphatic rings. The molecule has 0 spiro atoms. The van der Waals surface area contributed by atoms with E-state index < -0.39 is 5.92 Å². The topological polar surface area (TPSA) is 94.6 Å². The molecular formula is C26H25FN2O4. The van der Waals surface area contributed by atoms with Crippen LogP contribution in [0.3, 0.4) is 0 Å². The molecular weight excluding hydrogens is 423 g/mol. The van der Waals surface area contributed by atoms with Gasteiger partial charge in [-0.15, -0.1) is 0 Å². The molecule has 2 aromatic rings. The van der Waals surface area contributed by atoms with Crippen LogP contribution in [0.4, 0.5) is 4.39 Å². The number of carbonyl (C=O) groups is 1. The molecule has 2 aromatic carbocycles. The molecule has 0 unspecified atom stereocenters. The molecule has 0 saturated heterocycles. The van der Waals surface area contributed by atoms with Crippen LogP contribution < -0.4 is 15.2 Å². The van der Waals surface area contributed by atoms with E-state index in [4.69, 9.17) is 19.9 Å². The van der Waals surface area contributed by atoms with Gasteiger partial charge >= 0.3 is 0 Å². The summed E-state index contributed by atoms with van der Waals surface area (Å²) in [7, 11) is 1.52. The zero-order valence-corrected chi connectivity index (χ0v) is 18.8. The monoisotopic (exact) mass is 448 g/mol.